The minimum atomic E-state index is -1.08. The van der Waals surface area contributed by atoms with E-state index in [0.717, 1.165) is 0 Å². The normalized spacial score (nSPS) is 8.56. The molecule has 8 heteroatoms. The van der Waals surface area contributed by atoms with Crippen molar-refractivity contribution in [3.63, 3.8) is 0 Å². The maximum Gasteiger partial charge on any atom is 0.306 e. The third-order valence-electron chi connectivity index (χ3n) is 1.54. The fourth-order valence-corrected chi connectivity index (χ4v) is 0.622. The number of carboxylic acids is 2. The van der Waals surface area contributed by atoms with Crippen LogP contribution in [0.25, 0.3) is 0 Å². The molecule has 0 amide bonds. The highest BCUT2D eigenvalue weighted by molar-refractivity contribution is 5.77. The van der Waals surface area contributed by atoms with Crippen LogP contribution in [0.1, 0.15) is 25.7 Å². The largest absolute Gasteiger partial charge is 0.481 e. The molecule has 0 radical (unpaired) electrons. The van der Waals surface area contributed by atoms with Gasteiger partial charge in [-0.05, 0) is 0 Å². The van der Waals surface area contributed by atoms with Crippen LogP contribution < -0.4 is 0 Å². The minimum Gasteiger partial charge on any atom is -0.481 e. The highest BCUT2D eigenvalue weighted by atomic mass is 16.5. The molecule has 0 saturated carbocycles. The lowest BCUT2D eigenvalue weighted by atomic mass is 10.3. The van der Waals surface area contributed by atoms with Gasteiger partial charge in [0.05, 0.1) is 39.9 Å². The first-order chi connectivity index (χ1) is 8.33. The van der Waals surface area contributed by atoms with E-state index in [2.05, 4.69) is 9.47 Å². The van der Waals surface area contributed by atoms with E-state index in [0.29, 0.717) is 0 Å². The second-order valence-corrected chi connectivity index (χ2v) is 2.94. The molecule has 0 heterocycles. The van der Waals surface area contributed by atoms with E-state index in [4.69, 9.17) is 10.2 Å². The van der Waals surface area contributed by atoms with E-state index in [9.17, 15) is 19.2 Å². The number of carboxylic acid groups (broad SMARTS) is 2. The smallest absolute Gasteiger partial charge is 0.306 e. The lowest BCUT2D eigenvalue weighted by Crippen LogP contribution is -2.06. The van der Waals surface area contributed by atoms with Gasteiger partial charge in [0.15, 0.2) is 0 Å². The first-order valence-electron chi connectivity index (χ1n) is 4.90. The maximum atomic E-state index is 10.4. The number of carbonyl (C=O) groups excluding carboxylic acids is 2. The van der Waals surface area contributed by atoms with Crippen LogP contribution in [0, 0.1) is 0 Å². The molecule has 0 bridgehead atoms. The van der Waals surface area contributed by atoms with Gasteiger partial charge in [0.1, 0.15) is 0 Å². The van der Waals surface area contributed by atoms with Gasteiger partial charge < -0.3 is 19.7 Å². The summed E-state index contributed by atoms with van der Waals surface area (Å²) in [5.74, 6) is -2.95. The Morgan fingerprint density at radius 3 is 1.17 bits per heavy atom. The van der Waals surface area contributed by atoms with Gasteiger partial charge in [-0.15, -0.1) is 0 Å². The predicted octanol–water partition coefficient (Wildman–Crippen LogP) is 0.0484. The van der Waals surface area contributed by atoms with Crippen molar-refractivity contribution in [1.82, 2.24) is 0 Å². The fraction of sp³-hybridized carbons (Fsp3) is 0.600. The Bertz CT molecular complexity index is 266. The number of aliphatic carboxylic acids is 2. The number of esters is 2. The molecule has 0 saturated heterocycles. The second-order valence-electron chi connectivity index (χ2n) is 2.94. The van der Waals surface area contributed by atoms with Crippen molar-refractivity contribution in [2.75, 3.05) is 14.2 Å². The molecule has 0 fully saturated rings. The minimum absolute atomic E-state index is 0.0865. The van der Waals surface area contributed by atoms with Gasteiger partial charge in [0.25, 0.3) is 0 Å². The molecule has 0 spiro atoms. The first-order valence-corrected chi connectivity index (χ1v) is 4.90. The van der Waals surface area contributed by atoms with Crippen LogP contribution in [-0.2, 0) is 28.7 Å². The van der Waals surface area contributed by atoms with Crippen molar-refractivity contribution in [2.45, 2.75) is 25.7 Å². The van der Waals surface area contributed by atoms with Gasteiger partial charge in [-0.1, -0.05) is 0 Å². The Hall–Kier alpha value is -2.12. The average molecular weight is 264 g/mol. The molecule has 0 aromatic carbocycles. The van der Waals surface area contributed by atoms with E-state index in [1.807, 2.05) is 0 Å². The number of rotatable bonds is 6. The second kappa shape index (κ2) is 11.4. The molecular formula is C10H16O8. The fourth-order valence-electron chi connectivity index (χ4n) is 0.622. The number of hydrogen-bond acceptors (Lipinski definition) is 6. The zero-order valence-electron chi connectivity index (χ0n) is 10.2. The summed E-state index contributed by atoms with van der Waals surface area (Å²) in [5.41, 5.74) is 0. The lowest BCUT2D eigenvalue weighted by Gasteiger charge is -1.96. The zero-order valence-corrected chi connectivity index (χ0v) is 10.2. The Balaban J connectivity index is 0. The quantitative estimate of drug-likeness (QED) is 0.644. The summed E-state index contributed by atoms with van der Waals surface area (Å²) < 4.78 is 8.60. The third kappa shape index (κ3) is 16.3. The molecule has 0 aromatic rings. The number of ether oxygens (including phenoxy) is 2. The van der Waals surface area contributed by atoms with E-state index in [1.54, 1.807) is 0 Å². The van der Waals surface area contributed by atoms with Crippen molar-refractivity contribution in [1.29, 1.82) is 0 Å². The van der Waals surface area contributed by atoms with E-state index in [-0.39, 0.29) is 25.7 Å². The van der Waals surface area contributed by atoms with Crippen LogP contribution in [-0.4, -0.2) is 48.3 Å². The lowest BCUT2D eigenvalue weighted by molar-refractivity contribution is -0.147. The van der Waals surface area contributed by atoms with Gasteiger partial charge in [0, 0.05) is 0 Å². The summed E-state index contributed by atoms with van der Waals surface area (Å²) in [4.78, 5) is 40.1. The highest BCUT2D eigenvalue weighted by Gasteiger charge is 2.05. The number of carbonyl (C=O) groups is 4. The van der Waals surface area contributed by atoms with Crippen molar-refractivity contribution >= 4 is 23.9 Å². The molecule has 0 aliphatic rings. The van der Waals surface area contributed by atoms with E-state index >= 15 is 0 Å². The molecule has 0 rings (SSSR count). The summed E-state index contributed by atoms with van der Waals surface area (Å²) in [5, 5.41) is 15.8. The summed E-state index contributed by atoms with van der Waals surface area (Å²) in [6.07, 6.45) is -0.420. The van der Waals surface area contributed by atoms with Crippen LogP contribution in [0.5, 0.6) is 0 Å². The van der Waals surface area contributed by atoms with Gasteiger partial charge in [0.2, 0.25) is 0 Å². The van der Waals surface area contributed by atoms with Crippen LogP contribution in [0.15, 0.2) is 0 Å². The molecule has 8 nitrogen and oxygen atoms in total. The monoisotopic (exact) mass is 264 g/mol. The van der Waals surface area contributed by atoms with Crippen LogP contribution >= 0.6 is 0 Å². The Labute approximate surface area is 103 Å². The van der Waals surface area contributed by atoms with Crippen molar-refractivity contribution in [3.8, 4) is 0 Å². The Kier molecular flexibility index (Phi) is 11.5. The summed E-state index contributed by atoms with van der Waals surface area (Å²) in [7, 11) is 2.55. The highest BCUT2D eigenvalue weighted by Crippen LogP contribution is 1.92. The van der Waals surface area contributed by atoms with Gasteiger partial charge in [-0.2, -0.15) is 0 Å². The van der Waals surface area contributed by atoms with Crippen molar-refractivity contribution < 1.29 is 38.9 Å². The maximum absolute atomic E-state index is 10.4. The zero-order chi connectivity index (χ0) is 14.6. The first kappa shape index (κ1) is 18.3. The van der Waals surface area contributed by atoms with Crippen molar-refractivity contribution in [2.24, 2.45) is 0 Å². The molecule has 0 atom stereocenters. The van der Waals surface area contributed by atoms with Gasteiger partial charge in [-0.3, -0.25) is 19.2 Å². The third-order valence-corrected chi connectivity index (χ3v) is 1.54. The molecule has 2 N–H and O–H groups in total. The Morgan fingerprint density at radius 1 is 0.722 bits per heavy atom. The molecule has 0 aromatic heterocycles. The topological polar surface area (TPSA) is 127 Å². The number of hydrogen-bond donors (Lipinski definition) is 2. The average Bonchev–Trinajstić information content (AvgIpc) is 2.33. The van der Waals surface area contributed by atoms with E-state index in [1.165, 1.54) is 14.2 Å². The van der Waals surface area contributed by atoms with Crippen LogP contribution in [0.2, 0.25) is 0 Å². The molecule has 0 aliphatic carbocycles. The summed E-state index contributed by atoms with van der Waals surface area (Å²) in [6.45, 7) is 0. The van der Waals surface area contributed by atoms with E-state index < -0.39 is 23.9 Å². The standard InChI is InChI=1S/C6H10O4.C4H6O4/c1-9-5(7)3-4-6(8)10-2;5-3(6)1-2-4(7)8/h3-4H2,1-2H3;1-2H2,(H,5,6)(H,7,8). The van der Waals surface area contributed by atoms with Gasteiger partial charge in [-0.25, -0.2) is 0 Å². The Morgan fingerprint density at radius 2 is 1.00 bits per heavy atom. The number of methoxy groups -OCH3 is 2. The van der Waals surface area contributed by atoms with Crippen LogP contribution in [0.3, 0.4) is 0 Å². The predicted molar refractivity (Wildman–Crippen MR) is 57.8 cm³/mol. The van der Waals surface area contributed by atoms with Gasteiger partial charge >= 0.3 is 23.9 Å². The molecule has 0 unspecified atom stereocenters. The molecule has 0 aliphatic heterocycles. The van der Waals surface area contributed by atoms with Crippen molar-refractivity contribution in [3.05, 3.63) is 0 Å². The van der Waals surface area contributed by atoms with Crippen LogP contribution in [0.4, 0.5) is 0 Å². The molecular weight excluding hydrogens is 248 g/mol. The molecule has 18 heavy (non-hydrogen) atoms. The summed E-state index contributed by atoms with van der Waals surface area (Å²) >= 11 is 0. The molecule has 104 valence electrons. The summed E-state index contributed by atoms with van der Waals surface area (Å²) in [6, 6.07) is 0. The SMILES string of the molecule is COC(=O)CCC(=O)OC.O=C(O)CCC(=O)O.